The third-order valence-electron chi connectivity index (χ3n) is 7.02. The van der Waals surface area contributed by atoms with Gasteiger partial charge in [0.2, 0.25) is 0 Å². The smallest absolute Gasteiger partial charge is 0.121 e. The molecule has 0 amide bonds. The van der Waals surface area contributed by atoms with Crippen LogP contribution in [0.5, 0.6) is 0 Å². The van der Waals surface area contributed by atoms with Crippen LogP contribution in [-0.2, 0) is 20.1 Å². The molecule has 0 saturated heterocycles. The third-order valence-corrected chi connectivity index (χ3v) is 8.04. The topological polar surface area (TPSA) is 38.9 Å². The SMILES string of the molecule is Cc1c[c-]c(-c2cc(C)c(C)cn2)cc1.[2H]C([2H])c1cnc(-c2[c-]ccc3c2oc2ccc4sc(C)cc4c23)cc1C([2H])([2H])[2H].[Ir]. The van der Waals surface area contributed by atoms with Crippen molar-refractivity contribution in [3.8, 4) is 22.5 Å². The number of hydrogen-bond acceptors (Lipinski definition) is 4. The number of hydrogen-bond donors (Lipinski definition) is 0. The molecule has 4 aromatic heterocycles. The average molecular weight is 736 g/mol. The van der Waals surface area contributed by atoms with Crippen molar-refractivity contribution in [1.82, 2.24) is 9.97 Å². The summed E-state index contributed by atoms with van der Waals surface area (Å²) in [5.41, 5.74) is 8.12. The second kappa shape index (κ2) is 11.7. The predicted octanol–water partition coefficient (Wildman–Crippen LogP) is 10.1. The van der Waals surface area contributed by atoms with Crippen molar-refractivity contribution >= 4 is 43.4 Å². The van der Waals surface area contributed by atoms with Crippen LogP contribution in [0.15, 0.2) is 77.5 Å². The van der Waals surface area contributed by atoms with Gasteiger partial charge in [0.05, 0.1) is 5.58 Å². The maximum Gasteiger partial charge on any atom is 0.121 e. The molecule has 41 heavy (non-hydrogen) atoms. The number of pyridine rings is 2. The Kier molecular flexibility index (Phi) is 6.56. The zero-order valence-corrected chi connectivity index (χ0v) is 26.3. The Morgan fingerprint density at radius 3 is 2.37 bits per heavy atom. The van der Waals surface area contributed by atoms with Gasteiger partial charge in [0.25, 0.3) is 0 Å². The van der Waals surface area contributed by atoms with Gasteiger partial charge in [0, 0.05) is 59.7 Å². The van der Waals surface area contributed by atoms with Crippen LogP contribution < -0.4 is 0 Å². The van der Waals surface area contributed by atoms with Gasteiger partial charge in [-0.2, -0.15) is 0 Å². The molecule has 0 aliphatic carbocycles. The summed E-state index contributed by atoms with van der Waals surface area (Å²) < 4.78 is 46.1. The molecule has 0 unspecified atom stereocenters. The van der Waals surface area contributed by atoms with Crippen molar-refractivity contribution in [3.63, 3.8) is 0 Å². The molecule has 0 spiro atoms. The Labute approximate surface area is 265 Å². The summed E-state index contributed by atoms with van der Waals surface area (Å²) in [4.78, 5) is 9.98. The van der Waals surface area contributed by atoms with E-state index >= 15 is 0 Å². The summed E-state index contributed by atoms with van der Waals surface area (Å²) in [5.74, 6) is 0. The number of rotatable bonds is 2. The molecule has 0 fully saturated rings. The first-order valence-corrected chi connectivity index (χ1v) is 13.8. The van der Waals surface area contributed by atoms with E-state index in [-0.39, 0.29) is 31.2 Å². The molecule has 0 aliphatic rings. The molecular formula is C36H30IrN2OS-2. The van der Waals surface area contributed by atoms with Crippen molar-refractivity contribution in [3.05, 3.63) is 118 Å². The molecule has 0 bridgehead atoms. The Morgan fingerprint density at radius 1 is 0.805 bits per heavy atom. The second-order valence-electron chi connectivity index (χ2n) is 10.00. The maximum atomic E-state index is 7.82. The average Bonchev–Trinajstić information content (AvgIpc) is 3.58. The molecule has 7 aromatic rings. The monoisotopic (exact) mass is 736 g/mol. The van der Waals surface area contributed by atoms with Crippen LogP contribution in [0.4, 0.5) is 0 Å². The van der Waals surface area contributed by atoms with Crippen molar-refractivity contribution in [2.24, 2.45) is 0 Å². The molecule has 7 rings (SSSR count). The molecule has 0 saturated carbocycles. The number of thiophene rings is 1. The summed E-state index contributed by atoms with van der Waals surface area (Å²) in [7, 11) is 0. The van der Waals surface area contributed by atoms with Crippen LogP contribution in [0.2, 0.25) is 0 Å². The molecule has 1 radical (unpaired) electrons. The molecule has 0 aliphatic heterocycles. The van der Waals surface area contributed by atoms with E-state index in [2.05, 4.69) is 74.1 Å². The normalized spacial score (nSPS) is 13.1. The molecule has 4 heterocycles. The van der Waals surface area contributed by atoms with Gasteiger partial charge in [0.1, 0.15) is 5.58 Å². The first-order chi connectivity index (χ1) is 21.4. The molecule has 0 atom stereocenters. The maximum absolute atomic E-state index is 7.82. The van der Waals surface area contributed by atoms with Crippen molar-refractivity contribution in [2.75, 3.05) is 0 Å². The van der Waals surface area contributed by atoms with Gasteiger partial charge in [-0.15, -0.1) is 64.9 Å². The van der Waals surface area contributed by atoms with E-state index in [4.69, 9.17) is 11.3 Å². The van der Waals surface area contributed by atoms with Gasteiger partial charge in [-0.25, -0.2) is 0 Å². The third kappa shape index (κ3) is 5.63. The predicted molar refractivity (Wildman–Crippen MR) is 168 cm³/mol. The first kappa shape index (κ1) is 23.0. The van der Waals surface area contributed by atoms with E-state index in [0.29, 0.717) is 16.8 Å². The van der Waals surface area contributed by atoms with E-state index in [1.54, 1.807) is 17.4 Å². The second-order valence-corrected chi connectivity index (χ2v) is 11.3. The van der Waals surface area contributed by atoms with E-state index in [1.165, 1.54) is 38.5 Å². The van der Waals surface area contributed by atoms with E-state index in [1.807, 2.05) is 30.5 Å². The minimum Gasteiger partial charge on any atom is -0.501 e. The minimum atomic E-state index is -2.45. The van der Waals surface area contributed by atoms with Crippen LogP contribution in [0.25, 0.3) is 54.5 Å². The number of aryl methyl sites for hydroxylation is 6. The number of benzene rings is 3. The largest absolute Gasteiger partial charge is 0.501 e. The zero-order chi connectivity index (χ0) is 32.0. The molecule has 3 aromatic carbocycles. The zero-order valence-electron chi connectivity index (χ0n) is 28.0. The fourth-order valence-electron chi connectivity index (χ4n) is 4.71. The van der Waals surface area contributed by atoms with Crippen molar-refractivity contribution in [2.45, 2.75) is 41.4 Å². The Morgan fingerprint density at radius 2 is 1.61 bits per heavy atom. The summed E-state index contributed by atoms with van der Waals surface area (Å²) in [5, 5.41) is 3.07. The quantitative estimate of drug-likeness (QED) is 0.166. The van der Waals surface area contributed by atoms with Gasteiger partial charge in [-0.3, -0.25) is 0 Å². The van der Waals surface area contributed by atoms with Crippen LogP contribution in [0.1, 0.15) is 39.5 Å². The molecular weight excluding hydrogens is 701 g/mol. The van der Waals surface area contributed by atoms with Crippen LogP contribution in [0, 0.1) is 53.6 Å². The van der Waals surface area contributed by atoms with Gasteiger partial charge in [-0.1, -0.05) is 41.1 Å². The molecule has 207 valence electrons. The van der Waals surface area contributed by atoms with E-state index < -0.39 is 13.7 Å². The summed E-state index contributed by atoms with van der Waals surface area (Å²) in [6.07, 6.45) is 3.22. The van der Waals surface area contributed by atoms with Crippen LogP contribution in [-0.4, -0.2) is 9.97 Å². The number of furan rings is 1. The fourth-order valence-corrected chi connectivity index (χ4v) is 5.64. The van der Waals surface area contributed by atoms with E-state index in [0.717, 1.165) is 33.0 Å². The molecule has 3 nitrogen and oxygen atoms in total. The summed E-state index contributed by atoms with van der Waals surface area (Å²) in [6, 6.07) is 25.9. The minimum absolute atomic E-state index is 0. The summed E-state index contributed by atoms with van der Waals surface area (Å²) in [6.45, 7) is 4.44. The molecule has 0 N–H and O–H groups in total. The number of nitrogens with zero attached hydrogens (tertiary/aromatic N) is 2. The van der Waals surface area contributed by atoms with Crippen LogP contribution in [0.3, 0.4) is 0 Å². The van der Waals surface area contributed by atoms with E-state index in [9.17, 15) is 0 Å². The summed E-state index contributed by atoms with van der Waals surface area (Å²) >= 11 is 1.73. The number of fused-ring (bicyclic) bond motifs is 5. The van der Waals surface area contributed by atoms with Crippen molar-refractivity contribution in [1.29, 1.82) is 0 Å². The van der Waals surface area contributed by atoms with Gasteiger partial charge >= 0.3 is 0 Å². The molecule has 5 heteroatoms. The van der Waals surface area contributed by atoms with Gasteiger partial charge < -0.3 is 14.4 Å². The Balaban J connectivity index is 0.000000220. The first-order valence-electron chi connectivity index (χ1n) is 15.6. The standard InChI is InChI=1S/C22H16NOS.C14H14N.Ir/c1-12-9-18(23-11-13(12)2)15-5-4-6-16-21-17-10-14(3)25-20(17)8-7-19(21)24-22(15)16;1-10-4-6-13(7-5-10)14-8-11(2)12(3)9-15-14;/h4,6-11H,1-3H3;4-6,8-9H,1-3H3;/q2*-1;/i1D3,2D2;;. The Hall–Kier alpha value is -3.63. The van der Waals surface area contributed by atoms with Gasteiger partial charge in [-0.05, 0) is 75.2 Å². The van der Waals surface area contributed by atoms with Crippen molar-refractivity contribution < 1.29 is 31.4 Å². The fraction of sp³-hybridized carbons (Fsp3) is 0.167. The van der Waals surface area contributed by atoms with Gasteiger partial charge in [0.15, 0.2) is 0 Å². The van der Waals surface area contributed by atoms with Crippen LogP contribution >= 0.6 is 11.3 Å². The number of aromatic nitrogens is 2. The Bertz CT molecular complexity index is 2190.